The van der Waals surface area contributed by atoms with E-state index in [1.165, 1.54) is 11.4 Å². The molecule has 2 aromatic carbocycles. The number of carbonyl (C=O) groups excluding carboxylic acids is 1. The molecule has 0 heterocycles. The predicted octanol–water partition coefficient (Wildman–Crippen LogP) is 3.12. The number of hydrogen-bond donors (Lipinski definition) is 1. The van der Waals surface area contributed by atoms with Crippen LogP contribution in [0.15, 0.2) is 54.6 Å². The number of hydrogen-bond acceptors (Lipinski definition) is 4. The van der Waals surface area contributed by atoms with Gasteiger partial charge in [-0.2, -0.15) is 0 Å². The van der Waals surface area contributed by atoms with Crippen LogP contribution in [0.4, 0.5) is 5.69 Å². The highest BCUT2D eigenvalue weighted by atomic mass is 32.2. The number of anilines is 1. The molecule has 0 aliphatic rings. The van der Waals surface area contributed by atoms with E-state index in [2.05, 4.69) is 5.32 Å². The Morgan fingerprint density at radius 2 is 1.70 bits per heavy atom. The van der Waals surface area contributed by atoms with Crippen molar-refractivity contribution in [1.29, 1.82) is 0 Å². The van der Waals surface area contributed by atoms with Crippen molar-refractivity contribution in [2.45, 2.75) is 32.4 Å². The standard InChI is InChI=1S/C20H26N2O4S/c1-5-19(20(23)21-15(2)16-9-7-6-8-10-16)22(27(4,24)25)17-11-13-18(26-3)14-12-17/h6-15,19H,5H2,1-4H3,(H,21,23)/t15-,19?/m1/s1. The van der Waals surface area contributed by atoms with Crippen LogP contribution in [0.2, 0.25) is 0 Å². The highest BCUT2D eigenvalue weighted by Gasteiger charge is 2.32. The van der Waals surface area contributed by atoms with E-state index in [0.29, 0.717) is 17.9 Å². The molecule has 0 radical (unpaired) electrons. The van der Waals surface area contributed by atoms with Crippen molar-refractivity contribution in [1.82, 2.24) is 5.32 Å². The summed E-state index contributed by atoms with van der Waals surface area (Å²) in [6, 6.07) is 15.1. The van der Waals surface area contributed by atoms with Gasteiger partial charge in [0.1, 0.15) is 11.8 Å². The van der Waals surface area contributed by atoms with Gasteiger partial charge in [0.15, 0.2) is 0 Å². The average Bonchev–Trinajstić information content (AvgIpc) is 2.65. The molecule has 7 heteroatoms. The van der Waals surface area contributed by atoms with Crippen LogP contribution in [0.3, 0.4) is 0 Å². The number of sulfonamides is 1. The Bertz CT molecular complexity index is 851. The molecule has 2 aromatic rings. The van der Waals surface area contributed by atoms with E-state index in [1.807, 2.05) is 37.3 Å². The zero-order valence-corrected chi connectivity index (χ0v) is 16.9. The summed E-state index contributed by atoms with van der Waals surface area (Å²) in [7, 11) is -2.12. The Hall–Kier alpha value is -2.54. The van der Waals surface area contributed by atoms with Gasteiger partial charge in [-0.15, -0.1) is 0 Å². The number of nitrogens with one attached hydrogen (secondary N) is 1. The fraction of sp³-hybridized carbons (Fsp3) is 0.350. The number of ether oxygens (including phenoxy) is 1. The number of carbonyl (C=O) groups is 1. The van der Waals surface area contributed by atoms with Crippen molar-refractivity contribution in [3.8, 4) is 5.75 Å². The molecule has 6 nitrogen and oxygen atoms in total. The molecular formula is C20H26N2O4S. The molecule has 1 N–H and O–H groups in total. The van der Waals surface area contributed by atoms with Crippen LogP contribution < -0.4 is 14.4 Å². The normalized spacial score (nSPS) is 13.5. The first-order valence-corrected chi connectivity index (χ1v) is 10.6. The minimum atomic E-state index is -3.66. The van der Waals surface area contributed by atoms with Gasteiger partial charge in [-0.25, -0.2) is 8.42 Å². The van der Waals surface area contributed by atoms with E-state index >= 15 is 0 Å². The van der Waals surface area contributed by atoms with Crippen LogP contribution in [0.1, 0.15) is 31.9 Å². The lowest BCUT2D eigenvalue weighted by Gasteiger charge is -2.31. The summed E-state index contributed by atoms with van der Waals surface area (Å²) in [6.45, 7) is 3.66. The molecule has 0 fully saturated rings. The van der Waals surface area contributed by atoms with E-state index in [0.717, 1.165) is 11.8 Å². The number of methoxy groups -OCH3 is 1. The topological polar surface area (TPSA) is 75.7 Å². The highest BCUT2D eigenvalue weighted by Crippen LogP contribution is 2.25. The minimum Gasteiger partial charge on any atom is -0.497 e. The van der Waals surface area contributed by atoms with Gasteiger partial charge >= 0.3 is 0 Å². The van der Waals surface area contributed by atoms with Gasteiger partial charge in [0.05, 0.1) is 25.1 Å². The maximum atomic E-state index is 12.9. The maximum absolute atomic E-state index is 12.9. The van der Waals surface area contributed by atoms with Gasteiger partial charge in [0.25, 0.3) is 0 Å². The van der Waals surface area contributed by atoms with Gasteiger partial charge in [-0.3, -0.25) is 9.10 Å². The molecule has 27 heavy (non-hydrogen) atoms. The average molecular weight is 391 g/mol. The van der Waals surface area contributed by atoms with Gasteiger partial charge in [0.2, 0.25) is 15.9 Å². The largest absolute Gasteiger partial charge is 0.497 e. The lowest BCUT2D eigenvalue weighted by molar-refractivity contribution is -0.122. The van der Waals surface area contributed by atoms with E-state index in [9.17, 15) is 13.2 Å². The Kier molecular flexibility index (Phi) is 6.85. The Balaban J connectivity index is 2.30. The van der Waals surface area contributed by atoms with Crippen molar-refractivity contribution in [3.63, 3.8) is 0 Å². The third kappa shape index (κ3) is 5.23. The lowest BCUT2D eigenvalue weighted by atomic mass is 10.1. The summed E-state index contributed by atoms with van der Waals surface area (Å²) < 4.78 is 31.2. The van der Waals surface area contributed by atoms with Gasteiger partial charge in [-0.1, -0.05) is 37.3 Å². The zero-order valence-electron chi connectivity index (χ0n) is 16.0. The number of nitrogens with zero attached hydrogens (tertiary/aromatic N) is 1. The summed E-state index contributed by atoms with van der Waals surface area (Å²) >= 11 is 0. The molecule has 0 aliphatic heterocycles. The molecule has 0 saturated carbocycles. The molecule has 1 unspecified atom stereocenters. The van der Waals surface area contributed by atoms with Gasteiger partial charge in [-0.05, 0) is 43.2 Å². The lowest BCUT2D eigenvalue weighted by Crippen LogP contribution is -2.49. The molecular weight excluding hydrogens is 364 g/mol. The SMILES string of the molecule is CCC(C(=O)N[C@H](C)c1ccccc1)N(c1ccc(OC)cc1)S(C)(=O)=O. The van der Waals surface area contributed by atoms with Crippen LogP contribution in [0.25, 0.3) is 0 Å². The summed E-state index contributed by atoms with van der Waals surface area (Å²) in [5.41, 5.74) is 1.38. The van der Waals surface area contributed by atoms with Crippen LogP contribution in [-0.4, -0.2) is 33.7 Å². The van der Waals surface area contributed by atoms with Crippen molar-refractivity contribution >= 4 is 21.6 Å². The highest BCUT2D eigenvalue weighted by molar-refractivity contribution is 7.92. The first-order valence-electron chi connectivity index (χ1n) is 8.76. The molecule has 2 rings (SSSR count). The molecule has 0 aliphatic carbocycles. The zero-order chi connectivity index (χ0) is 20.0. The monoisotopic (exact) mass is 390 g/mol. The fourth-order valence-corrected chi connectivity index (χ4v) is 4.14. The number of amides is 1. The first-order chi connectivity index (χ1) is 12.8. The van der Waals surface area contributed by atoms with Gasteiger partial charge < -0.3 is 10.1 Å². The summed E-state index contributed by atoms with van der Waals surface area (Å²) in [5.74, 6) is 0.275. The molecule has 0 saturated heterocycles. The van der Waals surface area contributed by atoms with Crippen molar-refractivity contribution < 1.29 is 17.9 Å². The molecule has 2 atom stereocenters. The smallest absolute Gasteiger partial charge is 0.244 e. The third-order valence-corrected chi connectivity index (χ3v) is 5.49. The molecule has 1 amide bonds. The summed E-state index contributed by atoms with van der Waals surface area (Å²) in [6.07, 6.45) is 1.44. The Labute approximate surface area is 161 Å². The second-order valence-electron chi connectivity index (χ2n) is 6.32. The predicted molar refractivity (Wildman–Crippen MR) is 107 cm³/mol. The second-order valence-corrected chi connectivity index (χ2v) is 8.18. The van der Waals surface area contributed by atoms with Crippen LogP contribution in [-0.2, 0) is 14.8 Å². The second kappa shape index (κ2) is 8.90. The van der Waals surface area contributed by atoms with Crippen molar-refractivity contribution in [2.24, 2.45) is 0 Å². The maximum Gasteiger partial charge on any atom is 0.244 e. The molecule has 0 aromatic heterocycles. The van der Waals surface area contributed by atoms with Crippen LogP contribution in [0, 0.1) is 0 Å². The van der Waals surface area contributed by atoms with E-state index < -0.39 is 16.1 Å². The Morgan fingerprint density at radius 3 is 2.19 bits per heavy atom. The molecule has 0 spiro atoms. The number of rotatable bonds is 8. The van der Waals surface area contributed by atoms with Crippen LogP contribution in [0.5, 0.6) is 5.75 Å². The Morgan fingerprint density at radius 1 is 1.11 bits per heavy atom. The molecule has 0 bridgehead atoms. The van der Waals surface area contributed by atoms with Crippen molar-refractivity contribution in [3.05, 3.63) is 60.2 Å². The fourth-order valence-electron chi connectivity index (χ4n) is 2.92. The summed E-state index contributed by atoms with van der Waals surface area (Å²) in [4.78, 5) is 12.9. The van der Waals surface area contributed by atoms with Crippen LogP contribution >= 0.6 is 0 Å². The van der Waals surface area contributed by atoms with E-state index in [-0.39, 0.29) is 11.9 Å². The first kappa shape index (κ1) is 20.8. The van der Waals surface area contributed by atoms with E-state index in [1.54, 1.807) is 31.2 Å². The molecule has 146 valence electrons. The minimum absolute atomic E-state index is 0.231. The van der Waals surface area contributed by atoms with Crippen molar-refractivity contribution in [2.75, 3.05) is 17.7 Å². The number of benzene rings is 2. The van der Waals surface area contributed by atoms with Gasteiger partial charge in [0, 0.05) is 0 Å². The third-order valence-electron chi connectivity index (χ3n) is 4.31. The summed E-state index contributed by atoms with van der Waals surface area (Å²) in [5, 5.41) is 2.92. The quantitative estimate of drug-likeness (QED) is 0.751. The van der Waals surface area contributed by atoms with E-state index in [4.69, 9.17) is 4.74 Å².